The lowest BCUT2D eigenvalue weighted by Crippen LogP contribution is -2.30. The predicted octanol–water partition coefficient (Wildman–Crippen LogP) is 0.736. The van der Waals surface area contributed by atoms with Crippen molar-refractivity contribution in [2.75, 3.05) is 7.11 Å². The molecule has 0 spiro atoms. The van der Waals surface area contributed by atoms with Crippen molar-refractivity contribution in [3.05, 3.63) is 0 Å². The Morgan fingerprint density at radius 2 is 2.00 bits per heavy atom. The van der Waals surface area contributed by atoms with Gasteiger partial charge in [-0.15, -0.1) is 0 Å². The number of hydrogen-bond donors (Lipinski definition) is 0. The van der Waals surface area contributed by atoms with Crippen molar-refractivity contribution < 1.29 is 14.5 Å². The fraction of sp³-hybridized carbons (Fsp3) is 0.833. The van der Waals surface area contributed by atoms with Gasteiger partial charge in [-0.3, -0.25) is 4.79 Å². The van der Waals surface area contributed by atoms with Crippen molar-refractivity contribution in [2.45, 2.75) is 26.9 Å². The normalized spacial score (nSPS) is 10.1. The summed E-state index contributed by atoms with van der Waals surface area (Å²) >= 11 is 0. The summed E-state index contributed by atoms with van der Waals surface area (Å²) in [7, 11) is 1.38. The Morgan fingerprint density at radius 3 is 2.10 bits per heavy atom. The van der Waals surface area contributed by atoms with Crippen LogP contribution in [0, 0.1) is 0 Å². The number of rotatable bonds is 3. The largest absolute Gasteiger partial charge is 0.270 e. The zero-order chi connectivity index (χ0) is 8.15. The van der Waals surface area contributed by atoms with Gasteiger partial charge in [-0.25, -0.2) is 9.68 Å². The summed E-state index contributed by atoms with van der Waals surface area (Å²) in [6, 6.07) is 0. The Bertz CT molecular complexity index is 114. The minimum absolute atomic E-state index is 0.0520. The zero-order valence-corrected chi connectivity index (χ0v) is 6.75. The van der Waals surface area contributed by atoms with E-state index in [2.05, 4.69) is 4.84 Å². The molecule has 0 heterocycles. The van der Waals surface area contributed by atoms with Gasteiger partial charge >= 0.3 is 0 Å². The maximum absolute atomic E-state index is 10.6. The van der Waals surface area contributed by atoms with Crippen molar-refractivity contribution in [2.24, 2.45) is 0 Å². The van der Waals surface area contributed by atoms with Gasteiger partial charge in [0.1, 0.15) is 0 Å². The van der Waals surface area contributed by atoms with Crippen LogP contribution in [-0.4, -0.2) is 24.3 Å². The smallest absolute Gasteiger partial charge is 0.270 e. The molecule has 0 atom stereocenters. The standard InChI is InChI=1S/C6H13NO3/c1-5(2)10-7(9-4)6(3)8/h5H,1-4H3. The maximum atomic E-state index is 10.6. The van der Waals surface area contributed by atoms with Crippen LogP contribution in [0.2, 0.25) is 0 Å². The van der Waals surface area contributed by atoms with E-state index in [-0.39, 0.29) is 12.0 Å². The van der Waals surface area contributed by atoms with E-state index < -0.39 is 0 Å². The molecule has 0 aromatic heterocycles. The van der Waals surface area contributed by atoms with Crippen LogP contribution < -0.4 is 0 Å². The van der Waals surface area contributed by atoms with Crippen molar-refractivity contribution in [3.63, 3.8) is 0 Å². The molecule has 0 fully saturated rings. The average Bonchev–Trinajstić information content (AvgIpc) is 1.81. The number of hydrogen-bond acceptors (Lipinski definition) is 3. The van der Waals surface area contributed by atoms with Crippen LogP contribution in [-0.2, 0) is 14.5 Å². The van der Waals surface area contributed by atoms with Crippen molar-refractivity contribution in [3.8, 4) is 0 Å². The van der Waals surface area contributed by atoms with Crippen LogP contribution in [0.15, 0.2) is 0 Å². The first kappa shape index (κ1) is 9.39. The Kier molecular flexibility index (Phi) is 3.99. The second-order valence-corrected chi connectivity index (χ2v) is 2.11. The molecule has 0 N–H and O–H groups in total. The zero-order valence-electron chi connectivity index (χ0n) is 6.75. The summed E-state index contributed by atoms with van der Waals surface area (Å²) in [4.78, 5) is 20.1. The summed E-state index contributed by atoms with van der Waals surface area (Å²) in [6.45, 7) is 5.00. The molecule has 4 nitrogen and oxygen atoms in total. The molecular formula is C6H13NO3. The van der Waals surface area contributed by atoms with E-state index in [4.69, 9.17) is 4.84 Å². The molecule has 10 heavy (non-hydrogen) atoms. The molecule has 60 valence electrons. The minimum Gasteiger partial charge on any atom is -0.270 e. The number of nitrogens with zero attached hydrogens (tertiary/aromatic N) is 1. The number of carbonyl (C=O) groups is 1. The van der Waals surface area contributed by atoms with Crippen LogP contribution in [0.25, 0.3) is 0 Å². The third-order valence-corrected chi connectivity index (χ3v) is 0.729. The van der Waals surface area contributed by atoms with Crippen LogP contribution in [0.4, 0.5) is 0 Å². The lowest BCUT2D eigenvalue weighted by Gasteiger charge is -2.18. The second-order valence-electron chi connectivity index (χ2n) is 2.11. The minimum atomic E-state index is -0.267. The lowest BCUT2D eigenvalue weighted by atomic mass is 10.5. The maximum Gasteiger partial charge on any atom is 0.270 e. The number of carbonyl (C=O) groups excluding carboxylic acids is 1. The van der Waals surface area contributed by atoms with Gasteiger partial charge in [-0.1, -0.05) is 5.23 Å². The quantitative estimate of drug-likeness (QED) is 0.552. The van der Waals surface area contributed by atoms with Gasteiger partial charge in [-0.2, -0.15) is 0 Å². The Morgan fingerprint density at radius 1 is 1.50 bits per heavy atom. The van der Waals surface area contributed by atoms with Gasteiger partial charge < -0.3 is 0 Å². The summed E-state index contributed by atoms with van der Waals surface area (Å²) in [6.07, 6.45) is -0.0520. The monoisotopic (exact) mass is 147 g/mol. The average molecular weight is 147 g/mol. The van der Waals surface area contributed by atoms with Crippen molar-refractivity contribution in [1.82, 2.24) is 5.23 Å². The molecule has 0 bridgehead atoms. The van der Waals surface area contributed by atoms with Gasteiger partial charge in [-0.05, 0) is 13.8 Å². The highest BCUT2D eigenvalue weighted by atomic mass is 17.0. The molecule has 0 rings (SSSR count). The Labute approximate surface area is 60.6 Å². The topological polar surface area (TPSA) is 38.8 Å². The third kappa shape index (κ3) is 3.42. The highest BCUT2D eigenvalue weighted by Crippen LogP contribution is 1.96. The van der Waals surface area contributed by atoms with Crippen molar-refractivity contribution >= 4 is 5.91 Å². The molecule has 1 amide bonds. The highest BCUT2D eigenvalue weighted by molar-refractivity contribution is 5.70. The predicted molar refractivity (Wildman–Crippen MR) is 35.7 cm³/mol. The van der Waals surface area contributed by atoms with E-state index in [9.17, 15) is 4.79 Å². The first-order valence-corrected chi connectivity index (χ1v) is 3.09. The van der Waals surface area contributed by atoms with Gasteiger partial charge in [0.05, 0.1) is 13.2 Å². The fourth-order valence-electron chi connectivity index (χ4n) is 0.437. The Hall–Kier alpha value is -0.610. The van der Waals surface area contributed by atoms with E-state index in [1.807, 2.05) is 13.8 Å². The fourth-order valence-corrected chi connectivity index (χ4v) is 0.437. The molecule has 0 saturated heterocycles. The molecule has 0 aliphatic rings. The molecule has 4 heteroatoms. The third-order valence-electron chi connectivity index (χ3n) is 0.729. The number of hydroxylamine groups is 2. The first-order chi connectivity index (χ1) is 4.57. The van der Waals surface area contributed by atoms with E-state index in [0.29, 0.717) is 0 Å². The summed E-state index contributed by atoms with van der Waals surface area (Å²) < 4.78 is 0. The van der Waals surface area contributed by atoms with E-state index >= 15 is 0 Å². The SMILES string of the molecule is CON(OC(C)C)C(C)=O. The molecule has 0 aromatic carbocycles. The summed E-state index contributed by atoms with van der Waals surface area (Å²) in [5.74, 6) is -0.267. The van der Waals surface area contributed by atoms with Crippen LogP contribution in [0.5, 0.6) is 0 Å². The first-order valence-electron chi connectivity index (χ1n) is 3.09. The van der Waals surface area contributed by atoms with Gasteiger partial charge in [0.25, 0.3) is 5.91 Å². The highest BCUT2D eigenvalue weighted by Gasteiger charge is 2.09. The van der Waals surface area contributed by atoms with E-state index in [1.54, 1.807) is 0 Å². The Balaban J connectivity index is 3.72. The summed E-state index contributed by atoms with van der Waals surface area (Å²) in [5, 5.41) is 0.852. The molecule has 0 radical (unpaired) electrons. The van der Waals surface area contributed by atoms with Crippen LogP contribution >= 0.6 is 0 Å². The van der Waals surface area contributed by atoms with Crippen molar-refractivity contribution in [1.29, 1.82) is 0 Å². The summed E-state index contributed by atoms with van der Waals surface area (Å²) in [5.41, 5.74) is 0. The van der Waals surface area contributed by atoms with E-state index in [0.717, 1.165) is 5.23 Å². The van der Waals surface area contributed by atoms with Crippen LogP contribution in [0.3, 0.4) is 0 Å². The molecular weight excluding hydrogens is 134 g/mol. The molecule has 0 saturated carbocycles. The molecule has 0 unspecified atom stereocenters. The lowest BCUT2D eigenvalue weighted by molar-refractivity contribution is -0.342. The van der Waals surface area contributed by atoms with Gasteiger partial charge in [0, 0.05) is 6.92 Å². The molecule has 0 aliphatic carbocycles. The van der Waals surface area contributed by atoms with Gasteiger partial charge in [0.15, 0.2) is 0 Å². The number of amides is 1. The molecule has 0 aromatic rings. The van der Waals surface area contributed by atoms with E-state index in [1.165, 1.54) is 14.0 Å². The van der Waals surface area contributed by atoms with Gasteiger partial charge in [0.2, 0.25) is 0 Å². The molecule has 0 aliphatic heterocycles. The van der Waals surface area contributed by atoms with Crippen LogP contribution in [0.1, 0.15) is 20.8 Å². The second kappa shape index (κ2) is 4.24.